The van der Waals surface area contributed by atoms with E-state index >= 15 is 0 Å². The zero-order valence-electron chi connectivity index (χ0n) is 17.4. The monoisotopic (exact) mass is 414 g/mol. The summed E-state index contributed by atoms with van der Waals surface area (Å²) in [5.74, 6) is 2.40. The smallest absolute Gasteiger partial charge is 0.222 e. The molecule has 7 nitrogen and oxygen atoms in total. The Balaban J connectivity index is 1.11. The van der Waals surface area contributed by atoms with E-state index in [4.69, 9.17) is 0 Å². The molecule has 4 heterocycles. The molecule has 0 bridgehead atoms. The van der Waals surface area contributed by atoms with Crippen molar-refractivity contribution in [2.75, 3.05) is 13.1 Å². The molecule has 1 aromatic carbocycles. The number of rotatable bonds is 6. The number of para-hydroxylation sites is 1. The van der Waals surface area contributed by atoms with E-state index in [2.05, 4.69) is 37.3 Å². The molecule has 31 heavy (non-hydrogen) atoms. The van der Waals surface area contributed by atoms with Crippen molar-refractivity contribution in [2.24, 2.45) is 5.92 Å². The van der Waals surface area contributed by atoms with E-state index < -0.39 is 0 Å². The van der Waals surface area contributed by atoms with Crippen LogP contribution >= 0.6 is 0 Å². The number of aromatic amines is 2. The Morgan fingerprint density at radius 1 is 1.10 bits per heavy atom. The third kappa shape index (κ3) is 4.35. The van der Waals surface area contributed by atoms with Crippen LogP contribution in [0.1, 0.15) is 30.7 Å². The van der Waals surface area contributed by atoms with Crippen LogP contribution in [0.4, 0.5) is 0 Å². The number of aryl methyl sites for hydroxylation is 1. The van der Waals surface area contributed by atoms with Gasteiger partial charge in [0.15, 0.2) is 5.82 Å². The summed E-state index contributed by atoms with van der Waals surface area (Å²) in [6.07, 6.45) is 9.74. The molecular weight excluding hydrogens is 388 g/mol. The Labute approximate surface area is 180 Å². The Hall–Kier alpha value is -3.48. The number of aromatic nitrogens is 5. The van der Waals surface area contributed by atoms with Crippen LogP contribution < -0.4 is 0 Å². The second kappa shape index (κ2) is 8.71. The van der Waals surface area contributed by atoms with Crippen LogP contribution in [0.5, 0.6) is 0 Å². The van der Waals surface area contributed by atoms with Gasteiger partial charge >= 0.3 is 0 Å². The minimum Gasteiger partial charge on any atom is -0.361 e. The Morgan fingerprint density at radius 3 is 2.74 bits per heavy atom. The first-order chi connectivity index (χ1) is 15.3. The number of fused-ring (bicyclic) bond motifs is 1. The van der Waals surface area contributed by atoms with Crippen molar-refractivity contribution in [1.82, 2.24) is 30.0 Å². The molecule has 0 radical (unpaired) electrons. The van der Waals surface area contributed by atoms with E-state index in [1.54, 1.807) is 12.4 Å². The topological polar surface area (TPSA) is 90.6 Å². The third-order valence-corrected chi connectivity index (χ3v) is 6.20. The molecular formula is C24H26N6O. The van der Waals surface area contributed by atoms with Crippen LogP contribution in [-0.4, -0.2) is 49.0 Å². The first-order valence-electron chi connectivity index (χ1n) is 10.9. The van der Waals surface area contributed by atoms with Gasteiger partial charge in [0.1, 0.15) is 5.82 Å². The lowest BCUT2D eigenvalue weighted by molar-refractivity contribution is -0.132. The van der Waals surface area contributed by atoms with Gasteiger partial charge in [-0.1, -0.05) is 18.2 Å². The number of hydrogen-bond acceptors (Lipinski definition) is 4. The number of amides is 1. The molecule has 7 heteroatoms. The maximum Gasteiger partial charge on any atom is 0.222 e. The van der Waals surface area contributed by atoms with E-state index in [1.165, 1.54) is 10.9 Å². The van der Waals surface area contributed by atoms with Crippen molar-refractivity contribution in [3.05, 3.63) is 66.4 Å². The molecule has 1 saturated heterocycles. The number of carbonyl (C=O) groups excluding carboxylic acids is 1. The minimum atomic E-state index is 0.253. The molecule has 1 amide bonds. The molecule has 4 aromatic rings. The van der Waals surface area contributed by atoms with E-state index in [0.29, 0.717) is 18.2 Å². The van der Waals surface area contributed by atoms with E-state index in [9.17, 15) is 4.79 Å². The maximum absolute atomic E-state index is 12.7. The fourth-order valence-electron chi connectivity index (χ4n) is 4.41. The predicted octanol–water partition coefficient (Wildman–Crippen LogP) is 3.76. The minimum absolute atomic E-state index is 0.253. The molecule has 0 unspecified atom stereocenters. The first-order valence-corrected chi connectivity index (χ1v) is 10.9. The van der Waals surface area contributed by atoms with Gasteiger partial charge in [-0.05, 0) is 48.9 Å². The number of pyridine rings is 1. The van der Waals surface area contributed by atoms with Crippen molar-refractivity contribution >= 4 is 16.8 Å². The van der Waals surface area contributed by atoms with Crippen LogP contribution in [0, 0.1) is 5.92 Å². The van der Waals surface area contributed by atoms with Gasteiger partial charge in [0.05, 0.1) is 0 Å². The van der Waals surface area contributed by atoms with Crippen LogP contribution in [0.2, 0.25) is 0 Å². The lowest BCUT2D eigenvalue weighted by Gasteiger charge is -2.31. The highest BCUT2D eigenvalue weighted by atomic mass is 16.2. The van der Waals surface area contributed by atoms with Gasteiger partial charge in [0.25, 0.3) is 0 Å². The quantitative estimate of drug-likeness (QED) is 0.503. The van der Waals surface area contributed by atoms with Crippen molar-refractivity contribution < 1.29 is 4.79 Å². The molecule has 158 valence electrons. The summed E-state index contributed by atoms with van der Waals surface area (Å²) in [4.78, 5) is 26.7. The number of hydrogen-bond donors (Lipinski definition) is 2. The van der Waals surface area contributed by atoms with Gasteiger partial charge in [-0.3, -0.25) is 14.9 Å². The number of carbonyl (C=O) groups is 1. The SMILES string of the molecule is O=C(CCc1c[nH]c2ccccc12)N1CCC(Cc2nc(-c3ccncc3)n[nH]2)CC1. The number of H-pyrrole nitrogens is 2. The molecule has 1 fully saturated rings. The fraction of sp³-hybridized carbons (Fsp3) is 0.333. The lowest BCUT2D eigenvalue weighted by atomic mass is 9.93. The molecule has 2 N–H and O–H groups in total. The van der Waals surface area contributed by atoms with Gasteiger partial charge in [0, 0.05) is 61.0 Å². The van der Waals surface area contributed by atoms with E-state index in [1.807, 2.05) is 35.4 Å². The summed E-state index contributed by atoms with van der Waals surface area (Å²) in [6.45, 7) is 1.64. The molecule has 1 aliphatic rings. The fourth-order valence-corrected chi connectivity index (χ4v) is 4.41. The van der Waals surface area contributed by atoms with Gasteiger partial charge < -0.3 is 9.88 Å². The molecule has 0 spiro atoms. The first kappa shape index (κ1) is 19.5. The van der Waals surface area contributed by atoms with Gasteiger partial charge in [0.2, 0.25) is 5.91 Å². The lowest BCUT2D eigenvalue weighted by Crippen LogP contribution is -2.39. The van der Waals surface area contributed by atoms with Gasteiger partial charge in [-0.15, -0.1) is 0 Å². The van der Waals surface area contributed by atoms with Gasteiger partial charge in [-0.25, -0.2) is 4.98 Å². The van der Waals surface area contributed by atoms with Crippen LogP contribution in [0.3, 0.4) is 0 Å². The normalized spacial score (nSPS) is 14.9. The van der Waals surface area contributed by atoms with Crippen LogP contribution in [0.15, 0.2) is 55.0 Å². The average molecular weight is 415 g/mol. The standard InChI is InChI=1S/C24H26N6O/c31-23(6-5-19-16-26-21-4-2-1-3-20(19)21)30-13-9-17(10-14-30)15-22-27-24(29-28-22)18-7-11-25-12-8-18/h1-4,7-8,11-12,16-17,26H,5-6,9-10,13-15H2,(H,27,28,29). The second-order valence-corrected chi connectivity index (χ2v) is 8.23. The molecule has 5 rings (SSSR count). The van der Waals surface area contributed by atoms with Crippen molar-refractivity contribution in [3.8, 4) is 11.4 Å². The summed E-state index contributed by atoms with van der Waals surface area (Å²) in [5, 5.41) is 8.62. The molecule has 0 aliphatic carbocycles. The van der Waals surface area contributed by atoms with E-state index in [0.717, 1.165) is 55.7 Å². The van der Waals surface area contributed by atoms with Gasteiger partial charge in [-0.2, -0.15) is 5.10 Å². The molecule has 3 aromatic heterocycles. The number of nitrogens with one attached hydrogen (secondary N) is 2. The maximum atomic E-state index is 12.7. The Bertz CT molecular complexity index is 1160. The average Bonchev–Trinajstić information content (AvgIpc) is 3.46. The van der Waals surface area contributed by atoms with Crippen molar-refractivity contribution in [2.45, 2.75) is 32.1 Å². The number of likely N-dealkylation sites (tertiary alicyclic amines) is 1. The van der Waals surface area contributed by atoms with E-state index in [-0.39, 0.29) is 5.91 Å². The summed E-state index contributed by atoms with van der Waals surface area (Å²) in [7, 11) is 0. The summed E-state index contributed by atoms with van der Waals surface area (Å²) < 4.78 is 0. The van der Waals surface area contributed by atoms with Crippen LogP contribution in [0.25, 0.3) is 22.3 Å². The molecule has 0 atom stereocenters. The molecule has 1 aliphatic heterocycles. The summed E-state index contributed by atoms with van der Waals surface area (Å²) in [6, 6.07) is 12.1. The highest BCUT2D eigenvalue weighted by Gasteiger charge is 2.24. The number of piperidine rings is 1. The highest BCUT2D eigenvalue weighted by Crippen LogP contribution is 2.23. The zero-order chi connectivity index (χ0) is 21.0. The Kier molecular flexibility index (Phi) is 5.48. The van der Waals surface area contributed by atoms with Crippen LogP contribution in [-0.2, 0) is 17.6 Å². The summed E-state index contributed by atoms with van der Waals surface area (Å²) >= 11 is 0. The van der Waals surface area contributed by atoms with Crippen molar-refractivity contribution in [1.29, 1.82) is 0 Å². The Morgan fingerprint density at radius 2 is 1.90 bits per heavy atom. The summed E-state index contributed by atoms with van der Waals surface area (Å²) in [5.41, 5.74) is 3.31. The van der Waals surface area contributed by atoms with Crippen molar-refractivity contribution in [3.63, 3.8) is 0 Å². The predicted molar refractivity (Wildman–Crippen MR) is 119 cm³/mol. The third-order valence-electron chi connectivity index (χ3n) is 6.20. The number of benzene rings is 1. The number of nitrogens with zero attached hydrogens (tertiary/aromatic N) is 4. The largest absolute Gasteiger partial charge is 0.361 e. The molecule has 0 saturated carbocycles. The highest BCUT2D eigenvalue weighted by molar-refractivity contribution is 5.84. The zero-order valence-corrected chi connectivity index (χ0v) is 17.4. The second-order valence-electron chi connectivity index (χ2n) is 8.23.